The van der Waals surface area contributed by atoms with E-state index in [0.29, 0.717) is 0 Å². The van der Waals surface area contributed by atoms with Gasteiger partial charge in [-0.25, -0.2) is 0 Å². The first-order valence-electron chi connectivity index (χ1n) is 50.9. The third-order valence-corrected chi connectivity index (χ3v) is 43.2. The highest BCUT2D eigenvalue weighted by molar-refractivity contribution is 7.25. The second kappa shape index (κ2) is 31.0. The number of nitrogens with zero attached hydrogens (tertiary/aromatic N) is 5. The van der Waals surface area contributed by atoms with E-state index < -0.39 is 16.1 Å². The zero-order chi connectivity index (χ0) is 95.3. The molecule has 5 nitrogen and oxygen atoms in total. The Hall–Kier alpha value is -18.5. The van der Waals surface area contributed by atoms with Gasteiger partial charge in [0.05, 0.1) is 55.2 Å². The van der Waals surface area contributed by atoms with E-state index in [0.717, 1.165) is 11.4 Å². The van der Waals surface area contributed by atoms with Crippen molar-refractivity contribution >= 4 is 167 Å². The van der Waals surface area contributed by atoms with Crippen LogP contribution in [0.25, 0.3) is 226 Å². The van der Waals surface area contributed by atoms with Crippen molar-refractivity contribution in [2.45, 2.75) is 5.92 Å². The number of para-hydroxylation sites is 7. The van der Waals surface area contributed by atoms with Gasteiger partial charge in [0.1, 0.15) is 0 Å². The van der Waals surface area contributed by atoms with E-state index in [1.165, 1.54) is 273 Å². The van der Waals surface area contributed by atoms with Gasteiger partial charge in [-0.15, -0.1) is 0 Å². The average Bonchev–Trinajstić information content (AvgIpc) is 1.51. The maximum Gasteiger partial charge on any atom is 0.182 e. The third-order valence-electron chi connectivity index (χ3n) is 33.3. The number of hydrogen-bond donors (Lipinski definition) is 0. The second-order valence-electron chi connectivity index (χ2n) is 40.2. The normalized spacial score (nSPS) is 14.1. The van der Waals surface area contributed by atoms with Gasteiger partial charge in [-0.1, -0.05) is 364 Å². The summed E-state index contributed by atoms with van der Waals surface area (Å²) in [6.07, 6.45) is 0. The Labute approximate surface area is 844 Å². The van der Waals surface area contributed by atoms with E-state index >= 15 is 0 Å². The highest BCUT2D eigenvalue weighted by atomic mass is 28.3. The second-order valence-corrected chi connectivity index (χ2v) is 47.6. The Bertz CT molecular complexity index is 10200. The number of fused-ring (bicyclic) bond motifs is 38. The summed E-state index contributed by atoms with van der Waals surface area (Å²) >= 11 is 0. The summed E-state index contributed by atoms with van der Waals surface area (Å²) in [6.45, 7) is 0. The molecule has 4 aliphatic heterocycles. The van der Waals surface area contributed by atoms with Gasteiger partial charge in [-0.2, -0.15) is 0 Å². The molecule has 33 rings (SSSR count). The molecule has 0 fully saturated rings. The lowest BCUT2D eigenvalue weighted by molar-refractivity contribution is 1.02. The zero-order valence-electron chi connectivity index (χ0n) is 79.5. The van der Waals surface area contributed by atoms with Gasteiger partial charge in [0.2, 0.25) is 0 Å². The molecule has 9 heterocycles. The monoisotopic (exact) mass is 1880 g/mol. The Balaban J connectivity index is 0.000000130. The Morgan fingerprint density at radius 3 is 0.644 bits per heavy atom. The van der Waals surface area contributed by atoms with Gasteiger partial charge < -0.3 is 22.8 Å². The topological polar surface area (TPSA) is 24.6 Å². The molecular weight excluding hydrogens is 1800 g/mol. The highest BCUT2D eigenvalue weighted by Crippen LogP contribution is 2.52. The average molecular weight is 1880 g/mol. The summed E-state index contributed by atoms with van der Waals surface area (Å²) in [5, 5.41) is 24.5. The molecule has 1 unspecified atom stereocenters. The van der Waals surface area contributed by atoms with Gasteiger partial charge >= 0.3 is 0 Å². The molecule has 0 N–H and O–H groups in total. The van der Waals surface area contributed by atoms with E-state index in [1.807, 2.05) is 0 Å². The molecule has 5 aromatic heterocycles. The van der Waals surface area contributed by atoms with Crippen LogP contribution in [0.1, 0.15) is 22.6 Å². The molecule has 5 aliphatic rings. The van der Waals surface area contributed by atoms with Crippen LogP contribution in [-0.2, 0) is 0 Å². The fraction of sp³-hybridized carbons (Fsp3) is 0.00719. The van der Waals surface area contributed by atoms with Crippen molar-refractivity contribution in [2.24, 2.45) is 0 Å². The van der Waals surface area contributed by atoms with Crippen molar-refractivity contribution in [3.63, 3.8) is 0 Å². The predicted molar refractivity (Wildman–Crippen MR) is 617 cm³/mol. The quantitative estimate of drug-likeness (QED) is 0.129. The summed E-state index contributed by atoms with van der Waals surface area (Å²) in [5.74, 6) is 0.202. The van der Waals surface area contributed by atoms with E-state index in [1.54, 1.807) is 0 Å². The lowest BCUT2D eigenvalue weighted by Gasteiger charge is -2.28. The minimum atomic E-state index is -2.68. The first kappa shape index (κ1) is 81.2. The number of hydrogen-bond acceptors (Lipinski definition) is 0. The number of benzene rings is 23. The molecule has 0 amide bonds. The van der Waals surface area contributed by atoms with Crippen molar-refractivity contribution < 1.29 is 0 Å². The number of aromatic nitrogens is 5. The maximum absolute atomic E-state index is 2.68. The molecule has 676 valence electrons. The Kier molecular flexibility index (Phi) is 17.2. The lowest BCUT2D eigenvalue weighted by Crippen LogP contribution is -2.70. The van der Waals surface area contributed by atoms with Crippen LogP contribution in [0.4, 0.5) is 0 Å². The maximum atomic E-state index is 2.56. The van der Waals surface area contributed by atoms with Crippen LogP contribution in [0.15, 0.2) is 522 Å². The smallest absolute Gasteiger partial charge is 0.182 e. The predicted octanol–water partition coefficient (Wildman–Crippen LogP) is 29.7. The van der Waals surface area contributed by atoms with E-state index in [-0.39, 0.29) is 5.92 Å². The minimum absolute atomic E-state index is 0.202. The first-order valence-corrected chi connectivity index (χ1v) is 54.9. The molecule has 28 aromatic rings. The molecule has 146 heavy (non-hydrogen) atoms. The molecule has 1 atom stereocenters. The van der Waals surface area contributed by atoms with E-state index in [4.69, 9.17) is 0 Å². The fourth-order valence-corrected chi connectivity index (χ4v) is 38.5. The van der Waals surface area contributed by atoms with Crippen LogP contribution in [-0.4, -0.2) is 39.0 Å². The summed E-state index contributed by atoms with van der Waals surface area (Å²) in [5.41, 5.74) is 43.0. The summed E-state index contributed by atoms with van der Waals surface area (Å²) in [4.78, 5) is 0. The molecule has 23 aromatic carbocycles. The van der Waals surface area contributed by atoms with Crippen molar-refractivity contribution in [2.75, 3.05) is 0 Å². The van der Waals surface area contributed by atoms with Crippen LogP contribution >= 0.6 is 0 Å². The minimum Gasteiger partial charge on any atom is -0.309 e. The molecule has 1 aliphatic carbocycles. The standard InChI is InChI=1S/C72H45N3Si.C67H42N2Si/c1-3-17-50(18-4-1)73-63-26-12-7-21-53(63)58-41-46(31-36-65(58)73)48-33-38-67-60(43-48)61-44-49(47-32-37-66-59(42-47)54-22-8-13-27-64(54)74(66)51-19-5-2-6-20-51)34-39-68(61)75(67)52-35-40-72-62(45-52)57-25-11-16-30-71(57)76(72)69-28-14-9-23-55(69)56-24-10-15-29-70(56)76;1-2-16-45(17-3-1)68-59-26-12-8-20-49(59)55-38-42(30-34-61(55)68)43-31-35-62-56(39-43)50-21-9-13-27-60(50)69(62)46-33-37-66-58(41-46)52-23-11-15-29-64(52)70(66)63-28-14-10-22-51(63)57-40-44(32-36-65(57)70)67-53-24-6-4-18-47(53)48-19-5-7-25-54(48)67/h1-45H;1-41,67H. The van der Waals surface area contributed by atoms with Crippen LogP contribution in [0.2, 0.25) is 0 Å². The van der Waals surface area contributed by atoms with Gasteiger partial charge in [0.25, 0.3) is 0 Å². The lowest BCUT2D eigenvalue weighted by atomic mass is 9.88. The summed E-state index contributed by atoms with van der Waals surface area (Å²) < 4.78 is 12.2. The van der Waals surface area contributed by atoms with Crippen molar-refractivity contribution in [1.82, 2.24) is 22.8 Å². The molecular formula is C139H87N5Si2. The summed E-state index contributed by atoms with van der Waals surface area (Å²) in [7, 11) is -5.26. The molecule has 0 bridgehead atoms. The molecule has 7 heteroatoms. The Morgan fingerprint density at radius 2 is 0.342 bits per heavy atom. The summed E-state index contributed by atoms with van der Waals surface area (Å²) in [6, 6.07) is 197. The first-order chi connectivity index (χ1) is 72.4. The van der Waals surface area contributed by atoms with Crippen molar-refractivity contribution in [1.29, 1.82) is 0 Å². The van der Waals surface area contributed by atoms with Crippen LogP contribution in [0, 0.1) is 0 Å². The van der Waals surface area contributed by atoms with Gasteiger partial charge in [0, 0.05) is 88.2 Å². The van der Waals surface area contributed by atoms with Crippen molar-refractivity contribution in [3.05, 3.63) is 538 Å². The molecule has 0 saturated carbocycles. The van der Waals surface area contributed by atoms with Crippen LogP contribution < -0.4 is 41.5 Å². The van der Waals surface area contributed by atoms with Crippen LogP contribution in [0.3, 0.4) is 0 Å². The number of rotatable bonds is 9. The zero-order valence-corrected chi connectivity index (χ0v) is 81.5. The van der Waals surface area contributed by atoms with Crippen LogP contribution in [0.5, 0.6) is 0 Å². The van der Waals surface area contributed by atoms with Gasteiger partial charge in [-0.05, 0) is 305 Å². The van der Waals surface area contributed by atoms with E-state index in [2.05, 4.69) is 545 Å². The Morgan fingerprint density at radius 1 is 0.130 bits per heavy atom. The van der Waals surface area contributed by atoms with E-state index in [9.17, 15) is 0 Å². The third kappa shape index (κ3) is 11.3. The van der Waals surface area contributed by atoms with Gasteiger partial charge in [0.15, 0.2) is 16.1 Å². The highest BCUT2D eigenvalue weighted by Gasteiger charge is 2.56. The van der Waals surface area contributed by atoms with Crippen molar-refractivity contribution in [3.8, 4) is 117 Å². The molecule has 0 saturated heterocycles. The largest absolute Gasteiger partial charge is 0.309 e. The molecule has 0 radical (unpaired) electrons. The molecule has 2 spiro atoms. The SMILES string of the molecule is c1ccc(-n2c3ccccc3c3cc(-c4ccc5c(c4)c4cc(-c6ccc7c(c6)c6ccccc6n7-c6ccccc6)ccc4n5-c4ccc5c(c4)-c4ccccc4[Si]54c5ccccc5-c5ccccc54)ccc32)cc1.c1ccc(-n2c3ccccc3c3cc(-c4ccc5c(c4)c4ccccc4n5-c4ccc5c(c4)-c4ccccc4[Si]54c5ccccc5-c5cc(C6c7ccccc7-c7ccccc76)ccc54)ccc32)cc1. The van der Waals surface area contributed by atoms with Gasteiger partial charge in [-0.3, -0.25) is 0 Å². The fourth-order valence-electron chi connectivity index (χ4n) is 27.3.